The van der Waals surface area contributed by atoms with Crippen molar-refractivity contribution >= 4 is 6.03 Å². The number of carbonyl (C=O) groups excluding carboxylic acids is 1. The topological polar surface area (TPSA) is 53.6 Å². The lowest BCUT2D eigenvalue weighted by Gasteiger charge is -2.49. The van der Waals surface area contributed by atoms with Crippen molar-refractivity contribution in [3.05, 3.63) is 0 Å². The molecule has 0 aliphatic carbocycles. The minimum Gasteiger partial charge on any atom is -0.364 e. The SMILES string of the molecule is CCCCCCCCCCCCNC(=O)N(COC)C1CC(C)(C)NC(C)(C)C1. The van der Waals surface area contributed by atoms with Crippen molar-refractivity contribution in [3.63, 3.8) is 0 Å². The van der Waals surface area contributed by atoms with Crippen LogP contribution in [0.5, 0.6) is 0 Å². The minimum atomic E-state index is 0.00915. The molecular weight excluding hydrogens is 362 g/mol. The first-order valence-electron chi connectivity index (χ1n) is 12.0. The van der Waals surface area contributed by atoms with Crippen molar-refractivity contribution in [2.75, 3.05) is 20.4 Å². The normalized spacial score (nSPS) is 18.6. The minimum absolute atomic E-state index is 0.00915. The Bertz CT molecular complexity index is 435. The molecule has 5 nitrogen and oxygen atoms in total. The largest absolute Gasteiger partial charge is 0.364 e. The molecule has 1 saturated heterocycles. The van der Waals surface area contributed by atoms with Crippen molar-refractivity contribution in [1.82, 2.24) is 15.5 Å². The van der Waals surface area contributed by atoms with E-state index < -0.39 is 0 Å². The first-order valence-corrected chi connectivity index (χ1v) is 12.0. The van der Waals surface area contributed by atoms with E-state index in [1.807, 2.05) is 4.90 Å². The van der Waals surface area contributed by atoms with E-state index in [-0.39, 0.29) is 23.2 Å². The van der Waals surface area contributed by atoms with E-state index in [1.165, 1.54) is 57.8 Å². The van der Waals surface area contributed by atoms with Crippen LogP contribution in [0.15, 0.2) is 0 Å². The highest BCUT2D eigenvalue weighted by Crippen LogP contribution is 2.31. The molecule has 172 valence electrons. The number of nitrogens with zero attached hydrogens (tertiary/aromatic N) is 1. The summed E-state index contributed by atoms with van der Waals surface area (Å²) in [4.78, 5) is 14.7. The molecule has 1 aliphatic heterocycles. The van der Waals surface area contributed by atoms with Gasteiger partial charge in [0.05, 0.1) is 0 Å². The van der Waals surface area contributed by atoms with E-state index in [1.54, 1.807) is 7.11 Å². The molecule has 1 fully saturated rings. The molecule has 0 saturated carbocycles. The maximum Gasteiger partial charge on any atom is 0.319 e. The van der Waals surface area contributed by atoms with Crippen molar-refractivity contribution in [2.45, 2.75) is 129 Å². The molecule has 0 radical (unpaired) electrons. The van der Waals surface area contributed by atoms with E-state index in [0.717, 1.165) is 25.8 Å². The van der Waals surface area contributed by atoms with Crippen LogP contribution in [0.25, 0.3) is 0 Å². The van der Waals surface area contributed by atoms with Crippen LogP contribution in [0, 0.1) is 0 Å². The molecule has 0 aromatic carbocycles. The molecule has 0 bridgehead atoms. The summed E-state index contributed by atoms with van der Waals surface area (Å²) < 4.78 is 5.37. The third kappa shape index (κ3) is 11.2. The van der Waals surface area contributed by atoms with Crippen LogP contribution in [0.1, 0.15) is 112 Å². The first kappa shape index (κ1) is 26.2. The Balaban J connectivity index is 2.28. The van der Waals surface area contributed by atoms with E-state index in [4.69, 9.17) is 4.74 Å². The van der Waals surface area contributed by atoms with Crippen LogP contribution < -0.4 is 10.6 Å². The number of ether oxygens (including phenoxy) is 1. The van der Waals surface area contributed by atoms with Crippen molar-refractivity contribution in [3.8, 4) is 0 Å². The Labute approximate surface area is 180 Å². The Morgan fingerprint density at radius 2 is 1.41 bits per heavy atom. The van der Waals surface area contributed by atoms with Gasteiger partial charge < -0.3 is 15.4 Å². The van der Waals surface area contributed by atoms with Gasteiger partial charge in [-0.25, -0.2) is 4.79 Å². The van der Waals surface area contributed by atoms with E-state index in [9.17, 15) is 4.79 Å². The summed E-state index contributed by atoms with van der Waals surface area (Å²) in [5.74, 6) is 0. The molecule has 0 atom stereocenters. The summed E-state index contributed by atoms with van der Waals surface area (Å²) in [6.45, 7) is 12.2. The molecule has 2 amide bonds. The van der Waals surface area contributed by atoms with E-state index >= 15 is 0 Å². The van der Waals surface area contributed by atoms with Gasteiger partial charge in [0.1, 0.15) is 6.73 Å². The second kappa shape index (κ2) is 13.5. The zero-order valence-corrected chi connectivity index (χ0v) is 20.2. The fourth-order valence-corrected chi connectivity index (χ4v) is 4.87. The first-order chi connectivity index (χ1) is 13.7. The van der Waals surface area contributed by atoms with Gasteiger partial charge in [-0.3, -0.25) is 4.90 Å². The number of methoxy groups -OCH3 is 1. The predicted octanol–water partition coefficient (Wildman–Crippen LogP) is 5.83. The average Bonchev–Trinajstić information content (AvgIpc) is 2.61. The van der Waals surface area contributed by atoms with Gasteiger partial charge in [0.15, 0.2) is 0 Å². The van der Waals surface area contributed by atoms with Crippen molar-refractivity contribution < 1.29 is 9.53 Å². The Hall–Kier alpha value is -0.810. The van der Waals surface area contributed by atoms with E-state index in [0.29, 0.717) is 6.73 Å². The molecule has 1 aliphatic rings. The van der Waals surface area contributed by atoms with Gasteiger partial charge in [-0.2, -0.15) is 0 Å². The molecule has 0 aromatic heterocycles. The monoisotopic (exact) mass is 411 g/mol. The Morgan fingerprint density at radius 1 is 0.931 bits per heavy atom. The molecule has 29 heavy (non-hydrogen) atoms. The summed E-state index contributed by atoms with van der Waals surface area (Å²) in [6.07, 6.45) is 15.0. The van der Waals surface area contributed by atoms with Crippen molar-refractivity contribution in [2.24, 2.45) is 0 Å². The van der Waals surface area contributed by atoms with Crippen LogP contribution in [-0.4, -0.2) is 48.4 Å². The van der Waals surface area contributed by atoms with Crippen LogP contribution in [0.3, 0.4) is 0 Å². The van der Waals surface area contributed by atoms with Crippen molar-refractivity contribution in [1.29, 1.82) is 0 Å². The third-order valence-corrected chi connectivity index (χ3v) is 5.95. The number of carbonyl (C=O) groups is 1. The smallest absolute Gasteiger partial charge is 0.319 e. The zero-order chi connectivity index (χ0) is 21.8. The summed E-state index contributed by atoms with van der Waals surface area (Å²) in [7, 11) is 1.67. The highest BCUT2D eigenvalue weighted by Gasteiger charge is 2.41. The number of urea groups is 1. The second-order valence-electron chi connectivity index (χ2n) is 10.3. The van der Waals surface area contributed by atoms with Gasteiger partial charge in [0.25, 0.3) is 0 Å². The second-order valence-corrected chi connectivity index (χ2v) is 10.3. The molecular formula is C24H49N3O2. The van der Waals surface area contributed by atoms with E-state index in [2.05, 4.69) is 45.3 Å². The molecule has 1 heterocycles. The van der Waals surface area contributed by atoms with Gasteiger partial charge in [0.2, 0.25) is 0 Å². The zero-order valence-electron chi connectivity index (χ0n) is 20.2. The van der Waals surface area contributed by atoms with Crippen LogP contribution in [-0.2, 0) is 4.74 Å². The van der Waals surface area contributed by atoms with Crippen LogP contribution in [0.2, 0.25) is 0 Å². The molecule has 2 N–H and O–H groups in total. The Kier molecular flexibility index (Phi) is 12.2. The Morgan fingerprint density at radius 3 is 1.90 bits per heavy atom. The van der Waals surface area contributed by atoms with Gasteiger partial charge in [-0.05, 0) is 47.0 Å². The molecule has 0 spiro atoms. The fourth-order valence-electron chi connectivity index (χ4n) is 4.87. The summed E-state index contributed by atoms with van der Waals surface area (Å²) in [5, 5.41) is 6.82. The number of hydrogen-bond donors (Lipinski definition) is 2. The number of rotatable bonds is 14. The van der Waals surface area contributed by atoms with Crippen LogP contribution >= 0.6 is 0 Å². The quantitative estimate of drug-likeness (QED) is 0.279. The number of amides is 2. The summed E-state index contributed by atoms with van der Waals surface area (Å²) >= 11 is 0. The van der Waals surface area contributed by atoms with Gasteiger partial charge in [-0.1, -0.05) is 64.7 Å². The van der Waals surface area contributed by atoms with Crippen LogP contribution in [0.4, 0.5) is 4.79 Å². The molecule has 0 unspecified atom stereocenters. The average molecular weight is 412 g/mol. The lowest BCUT2D eigenvalue weighted by molar-refractivity contribution is 0.0174. The summed E-state index contributed by atoms with van der Waals surface area (Å²) in [5.41, 5.74) is 0.0183. The standard InChI is InChI=1S/C24H49N3O2/c1-7-8-9-10-11-12-13-14-15-16-17-25-22(28)27(20-29-6)21-18-23(2,3)26-24(4,5)19-21/h21,26H,7-20H2,1-6H3,(H,25,28). The summed E-state index contributed by atoms with van der Waals surface area (Å²) in [6, 6.07) is 0.204. The van der Waals surface area contributed by atoms with Gasteiger partial charge >= 0.3 is 6.03 Å². The number of unbranched alkanes of at least 4 members (excludes halogenated alkanes) is 9. The maximum absolute atomic E-state index is 12.8. The number of hydrogen-bond acceptors (Lipinski definition) is 3. The predicted molar refractivity (Wildman–Crippen MR) is 123 cm³/mol. The van der Waals surface area contributed by atoms with Gasteiger partial charge in [0, 0.05) is 30.8 Å². The molecule has 1 rings (SSSR count). The fraction of sp³-hybridized carbons (Fsp3) is 0.958. The maximum atomic E-state index is 12.8. The van der Waals surface area contributed by atoms with Gasteiger partial charge in [-0.15, -0.1) is 0 Å². The molecule has 5 heteroatoms. The highest BCUT2D eigenvalue weighted by molar-refractivity contribution is 5.74. The lowest BCUT2D eigenvalue weighted by atomic mass is 9.79. The highest BCUT2D eigenvalue weighted by atomic mass is 16.5. The lowest BCUT2D eigenvalue weighted by Crippen LogP contribution is -2.63. The number of nitrogens with one attached hydrogen (secondary N) is 2. The molecule has 0 aromatic rings. The number of piperidine rings is 1. The third-order valence-electron chi connectivity index (χ3n) is 5.95.